The van der Waals surface area contributed by atoms with Gasteiger partial charge in [-0.05, 0) is 37.7 Å². The van der Waals surface area contributed by atoms with E-state index < -0.39 is 10.0 Å². The van der Waals surface area contributed by atoms with Gasteiger partial charge < -0.3 is 9.88 Å². The maximum absolute atomic E-state index is 12.5. The van der Waals surface area contributed by atoms with Crippen molar-refractivity contribution in [3.63, 3.8) is 0 Å². The molecule has 1 aliphatic heterocycles. The lowest BCUT2D eigenvalue weighted by molar-refractivity contribution is 0.336. The van der Waals surface area contributed by atoms with E-state index in [9.17, 15) is 8.42 Å². The van der Waals surface area contributed by atoms with Gasteiger partial charge in [0.2, 0.25) is 10.0 Å². The van der Waals surface area contributed by atoms with Crippen LogP contribution in [0.5, 0.6) is 0 Å². The average molecular weight is 396 g/mol. The zero-order chi connectivity index (χ0) is 18.1. The molecule has 2 aromatic heterocycles. The molecule has 1 saturated carbocycles. The van der Waals surface area contributed by atoms with Gasteiger partial charge in [-0.25, -0.2) is 18.4 Å². The van der Waals surface area contributed by atoms with Crippen molar-refractivity contribution in [1.29, 1.82) is 0 Å². The summed E-state index contributed by atoms with van der Waals surface area (Å²) in [4.78, 5) is 14.1. The lowest BCUT2D eigenvalue weighted by Gasteiger charge is -2.35. The second-order valence-electron chi connectivity index (χ2n) is 7.21. The highest BCUT2D eigenvalue weighted by molar-refractivity contribution is 8.00. The molecule has 2 fully saturated rings. The summed E-state index contributed by atoms with van der Waals surface area (Å²) >= 11 is 1.70. The second kappa shape index (κ2) is 7.36. The lowest BCUT2D eigenvalue weighted by atomic mass is 9.86. The molecule has 4 rings (SSSR count). The largest absolute Gasteiger partial charge is 0.356 e. The molecule has 0 bridgehead atoms. The van der Waals surface area contributed by atoms with Gasteiger partial charge in [0.25, 0.3) is 0 Å². The summed E-state index contributed by atoms with van der Waals surface area (Å²) in [5, 5.41) is 1.03. The molecule has 7 nitrogen and oxygen atoms in total. The van der Waals surface area contributed by atoms with Gasteiger partial charge in [0.05, 0.1) is 17.0 Å². The Bertz CT molecular complexity index is 855. The molecule has 3 heterocycles. The quantitative estimate of drug-likeness (QED) is 0.836. The van der Waals surface area contributed by atoms with Crippen LogP contribution in [-0.2, 0) is 10.0 Å². The van der Waals surface area contributed by atoms with Crippen molar-refractivity contribution < 1.29 is 8.42 Å². The van der Waals surface area contributed by atoms with E-state index in [-0.39, 0.29) is 5.92 Å². The Morgan fingerprint density at radius 2 is 2.12 bits per heavy atom. The fourth-order valence-corrected chi connectivity index (χ4v) is 7.33. The molecular formula is C17H25N5O2S2. The zero-order valence-corrected chi connectivity index (χ0v) is 16.6. The van der Waals surface area contributed by atoms with Crippen molar-refractivity contribution in [1.82, 2.24) is 19.3 Å². The lowest BCUT2D eigenvalue weighted by Crippen LogP contribution is -2.39. The molecular weight excluding hydrogens is 370 g/mol. The molecule has 2 aliphatic rings. The van der Waals surface area contributed by atoms with Crippen LogP contribution in [0.3, 0.4) is 0 Å². The molecule has 0 radical (unpaired) electrons. The average Bonchev–Trinajstić information content (AvgIpc) is 3.33. The van der Waals surface area contributed by atoms with Crippen LogP contribution >= 0.6 is 11.8 Å². The highest BCUT2D eigenvalue weighted by Gasteiger charge is 2.32. The van der Waals surface area contributed by atoms with Crippen LogP contribution in [0, 0.1) is 5.92 Å². The molecule has 0 aromatic carbocycles. The highest BCUT2D eigenvalue weighted by Crippen LogP contribution is 2.32. The summed E-state index contributed by atoms with van der Waals surface area (Å²) in [6.07, 6.45) is 7.39. The van der Waals surface area contributed by atoms with Crippen LogP contribution in [0.2, 0.25) is 0 Å². The molecule has 9 heteroatoms. The van der Waals surface area contributed by atoms with Crippen molar-refractivity contribution in [2.24, 2.45) is 5.92 Å². The van der Waals surface area contributed by atoms with Crippen LogP contribution in [0.25, 0.3) is 11.0 Å². The van der Waals surface area contributed by atoms with Gasteiger partial charge in [0, 0.05) is 31.6 Å². The summed E-state index contributed by atoms with van der Waals surface area (Å²) in [5.41, 5.74) is 0.852. The van der Waals surface area contributed by atoms with Crippen LogP contribution < -0.4 is 4.90 Å². The van der Waals surface area contributed by atoms with Crippen LogP contribution in [0.15, 0.2) is 18.6 Å². The van der Waals surface area contributed by atoms with Gasteiger partial charge in [-0.2, -0.15) is 4.31 Å². The number of H-pyrrole nitrogens is 1. The van der Waals surface area contributed by atoms with Gasteiger partial charge in [-0.15, -0.1) is 11.8 Å². The fourth-order valence-electron chi connectivity index (χ4n) is 4.03. The third-order valence-corrected chi connectivity index (χ3v) is 8.71. The van der Waals surface area contributed by atoms with E-state index in [1.807, 2.05) is 12.3 Å². The monoisotopic (exact) mass is 395 g/mol. The van der Waals surface area contributed by atoms with E-state index in [1.165, 1.54) is 0 Å². The second-order valence-corrected chi connectivity index (χ2v) is 10.3. The summed E-state index contributed by atoms with van der Waals surface area (Å²) in [6.45, 7) is 0.672. The minimum atomic E-state index is -3.10. The van der Waals surface area contributed by atoms with Gasteiger partial charge in [0.15, 0.2) is 0 Å². The van der Waals surface area contributed by atoms with Crippen molar-refractivity contribution >= 4 is 38.6 Å². The number of nitrogens with zero attached hydrogens (tertiary/aromatic N) is 4. The Morgan fingerprint density at radius 3 is 2.85 bits per heavy atom. The summed E-state index contributed by atoms with van der Waals surface area (Å²) in [5.74, 6) is 3.07. The maximum Gasteiger partial charge on any atom is 0.215 e. The highest BCUT2D eigenvalue weighted by atomic mass is 32.2. The van der Waals surface area contributed by atoms with Gasteiger partial charge in [-0.1, -0.05) is 0 Å². The number of aromatic nitrogens is 3. The van der Waals surface area contributed by atoms with Crippen molar-refractivity contribution in [3.05, 3.63) is 18.6 Å². The normalized spacial score (nSPS) is 25.0. The Morgan fingerprint density at radius 1 is 1.31 bits per heavy atom. The molecule has 1 aliphatic carbocycles. The first kappa shape index (κ1) is 18.1. The van der Waals surface area contributed by atoms with E-state index in [2.05, 4.69) is 26.9 Å². The number of hydrogen-bond acceptors (Lipinski definition) is 6. The Labute approximate surface area is 158 Å². The number of nitrogens with one attached hydrogen (secondary N) is 1. The topological polar surface area (TPSA) is 82.2 Å². The number of aromatic amines is 1. The minimum absolute atomic E-state index is 0.271. The molecule has 1 N–H and O–H groups in total. The van der Waals surface area contributed by atoms with Gasteiger partial charge in [-0.3, -0.25) is 0 Å². The number of fused-ring (bicyclic) bond motifs is 1. The number of sulfonamides is 1. The predicted molar refractivity (Wildman–Crippen MR) is 106 cm³/mol. The summed E-state index contributed by atoms with van der Waals surface area (Å²) < 4.78 is 26.7. The summed E-state index contributed by atoms with van der Waals surface area (Å²) in [7, 11) is -1.02. The fraction of sp³-hybridized carbons (Fsp3) is 0.647. The van der Waals surface area contributed by atoms with Crippen molar-refractivity contribution in [2.45, 2.75) is 31.7 Å². The Balaban J connectivity index is 1.38. The number of thioether (sulfide) groups is 1. The zero-order valence-electron chi connectivity index (χ0n) is 15.0. The molecule has 0 spiro atoms. The van der Waals surface area contributed by atoms with E-state index in [1.54, 1.807) is 22.4 Å². The molecule has 142 valence electrons. The predicted octanol–water partition coefficient (Wildman–Crippen LogP) is 2.29. The van der Waals surface area contributed by atoms with E-state index in [0.29, 0.717) is 24.2 Å². The van der Waals surface area contributed by atoms with Crippen LogP contribution in [0.1, 0.15) is 25.7 Å². The standard InChI is InChI=1S/C17H25N5O2S2/c1-21(17-15-6-7-18-16(15)19-11-20-17)14-4-2-13(3-5-14)10-26(23,24)22-8-9-25-12-22/h6-7,11,13-14H,2-5,8-10,12H2,1H3,(H,18,19,20)/t13-,14-. The van der Waals surface area contributed by atoms with E-state index >= 15 is 0 Å². The summed E-state index contributed by atoms with van der Waals surface area (Å²) in [6, 6.07) is 2.40. The molecule has 0 unspecified atom stereocenters. The third kappa shape index (κ3) is 3.57. The molecule has 1 saturated heterocycles. The molecule has 26 heavy (non-hydrogen) atoms. The molecule has 2 aromatic rings. The van der Waals surface area contributed by atoms with Crippen LogP contribution in [-0.4, -0.2) is 64.7 Å². The number of hydrogen-bond donors (Lipinski definition) is 1. The first-order valence-electron chi connectivity index (χ1n) is 9.11. The first-order valence-corrected chi connectivity index (χ1v) is 11.9. The van der Waals surface area contributed by atoms with E-state index in [0.717, 1.165) is 48.3 Å². The Kier molecular flexibility index (Phi) is 5.11. The minimum Gasteiger partial charge on any atom is -0.356 e. The first-order chi connectivity index (χ1) is 12.5. The van der Waals surface area contributed by atoms with Gasteiger partial charge >= 0.3 is 0 Å². The van der Waals surface area contributed by atoms with E-state index in [4.69, 9.17) is 0 Å². The molecule has 0 atom stereocenters. The number of anilines is 1. The third-order valence-electron chi connectivity index (χ3n) is 5.59. The smallest absolute Gasteiger partial charge is 0.215 e. The SMILES string of the molecule is CN(c1ncnc2[nH]ccc12)[C@H]1CC[C@H](CS(=O)(=O)N2CCSC2)CC1. The Hall–Kier alpha value is -1.32. The number of rotatable bonds is 5. The van der Waals surface area contributed by atoms with Crippen molar-refractivity contribution in [2.75, 3.05) is 35.9 Å². The van der Waals surface area contributed by atoms with Crippen molar-refractivity contribution in [3.8, 4) is 0 Å². The van der Waals surface area contributed by atoms with Gasteiger partial charge in [0.1, 0.15) is 17.8 Å². The maximum atomic E-state index is 12.5. The molecule has 0 amide bonds. The van der Waals surface area contributed by atoms with Crippen LogP contribution in [0.4, 0.5) is 5.82 Å².